The van der Waals surface area contributed by atoms with Crippen LogP contribution in [0.25, 0.3) is 11.1 Å². The molecular weight excluding hydrogens is 299 g/mol. The van der Waals surface area contributed by atoms with Crippen molar-refractivity contribution < 1.29 is 22.0 Å². The predicted octanol–water partition coefficient (Wildman–Crippen LogP) is 5.39. The van der Waals surface area contributed by atoms with Gasteiger partial charge in [-0.2, -0.15) is 13.2 Å². The number of hydrogen-bond donors (Lipinski definition) is 0. The van der Waals surface area contributed by atoms with Crippen LogP contribution in [0.15, 0.2) is 36.4 Å². The Morgan fingerprint density at radius 1 is 0.950 bits per heavy atom. The number of halogens is 6. The van der Waals surface area contributed by atoms with E-state index in [4.69, 9.17) is 11.6 Å². The molecule has 0 aromatic heterocycles. The average Bonchev–Trinajstić information content (AvgIpc) is 2.40. The molecule has 0 fully saturated rings. The molecule has 0 saturated heterocycles. The molecule has 106 valence electrons. The molecule has 0 aliphatic carbocycles. The van der Waals surface area contributed by atoms with Crippen molar-refractivity contribution in [3.8, 4) is 11.1 Å². The zero-order valence-electron chi connectivity index (χ0n) is 9.94. The van der Waals surface area contributed by atoms with Crippen LogP contribution in [0.1, 0.15) is 11.1 Å². The minimum absolute atomic E-state index is 0.0889. The van der Waals surface area contributed by atoms with Gasteiger partial charge in [0.2, 0.25) is 0 Å². The molecule has 0 aliphatic rings. The monoisotopic (exact) mass is 306 g/mol. The molecule has 0 aliphatic heterocycles. The van der Waals surface area contributed by atoms with E-state index < -0.39 is 23.4 Å². The van der Waals surface area contributed by atoms with Gasteiger partial charge in [-0.05, 0) is 29.3 Å². The minimum atomic E-state index is -4.51. The molecule has 0 saturated carbocycles. The Hall–Kier alpha value is -1.62. The van der Waals surface area contributed by atoms with Gasteiger partial charge in [-0.3, -0.25) is 0 Å². The Kier molecular flexibility index (Phi) is 3.99. The molecule has 0 radical (unpaired) electrons. The van der Waals surface area contributed by atoms with Gasteiger partial charge in [-0.1, -0.05) is 18.2 Å². The lowest BCUT2D eigenvalue weighted by molar-refractivity contribution is -0.137. The van der Waals surface area contributed by atoms with Gasteiger partial charge < -0.3 is 0 Å². The maximum Gasteiger partial charge on any atom is 0.416 e. The van der Waals surface area contributed by atoms with Gasteiger partial charge >= 0.3 is 6.18 Å². The van der Waals surface area contributed by atoms with E-state index in [1.54, 1.807) is 0 Å². The molecule has 2 aromatic rings. The molecule has 0 spiro atoms. The first-order chi connectivity index (χ1) is 9.34. The first-order valence-electron chi connectivity index (χ1n) is 5.55. The van der Waals surface area contributed by atoms with Gasteiger partial charge in [0, 0.05) is 11.4 Å². The Labute approximate surface area is 116 Å². The highest BCUT2D eigenvalue weighted by molar-refractivity contribution is 6.17. The van der Waals surface area contributed by atoms with Crippen LogP contribution in [0, 0.1) is 11.6 Å². The second-order valence-corrected chi connectivity index (χ2v) is 4.37. The maximum absolute atomic E-state index is 13.7. The Balaban J connectivity index is 2.61. The summed E-state index contributed by atoms with van der Waals surface area (Å²) < 4.78 is 64.7. The van der Waals surface area contributed by atoms with Crippen molar-refractivity contribution in [1.82, 2.24) is 0 Å². The predicted molar refractivity (Wildman–Crippen MR) is 66.4 cm³/mol. The smallest absolute Gasteiger partial charge is 0.204 e. The summed E-state index contributed by atoms with van der Waals surface area (Å²) in [6.45, 7) is 0. The molecule has 0 nitrogen and oxygen atoms in total. The van der Waals surface area contributed by atoms with Crippen LogP contribution in [-0.2, 0) is 12.1 Å². The van der Waals surface area contributed by atoms with E-state index in [2.05, 4.69) is 0 Å². The zero-order chi connectivity index (χ0) is 14.9. The largest absolute Gasteiger partial charge is 0.416 e. The summed E-state index contributed by atoms with van der Waals surface area (Å²) in [6, 6.07) is 6.25. The van der Waals surface area contributed by atoms with Crippen molar-refractivity contribution in [2.45, 2.75) is 12.1 Å². The van der Waals surface area contributed by atoms with Crippen LogP contribution in [0.4, 0.5) is 22.0 Å². The second-order valence-electron chi connectivity index (χ2n) is 4.10. The summed E-state index contributed by atoms with van der Waals surface area (Å²) in [5.41, 5.74) is -0.765. The van der Waals surface area contributed by atoms with Crippen LogP contribution >= 0.6 is 11.6 Å². The Bertz CT molecular complexity index is 634. The third kappa shape index (κ3) is 2.77. The first-order valence-corrected chi connectivity index (χ1v) is 6.08. The molecule has 0 bridgehead atoms. The van der Waals surface area contributed by atoms with Crippen molar-refractivity contribution in [3.63, 3.8) is 0 Å². The number of rotatable bonds is 2. The molecule has 2 aromatic carbocycles. The summed E-state index contributed by atoms with van der Waals surface area (Å²) in [7, 11) is 0. The summed E-state index contributed by atoms with van der Waals surface area (Å²) in [5.74, 6) is -2.42. The van der Waals surface area contributed by atoms with Crippen LogP contribution in [0.3, 0.4) is 0 Å². The van der Waals surface area contributed by atoms with Crippen molar-refractivity contribution in [2.24, 2.45) is 0 Å². The van der Waals surface area contributed by atoms with Crippen molar-refractivity contribution >= 4 is 11.6 Å². The second kappa shape index (κ2) is 5.40. The quantitative estimate of drug-likeness (QED) is 0.515. The molecular formula is C14H8ClF5. The summed E-state index contributed by atoms with van der Waals surface area (Å²) >= 11 is 5.61. The van der Waals surface area contributed by atoms with Crippen LogP contribution in [-0.4, -0.2) is 0 Å². The van der Waals surface area contributed by atoms with Gasteiger partial charge in [-0.15, -0.1) is 11.6 Å². The third-order valence-electron chi connectivity index (χ3n) is 2.82. The molecule has 0 N–H and O–H groups in total. The van der Waals surface area contributed by atoms with E-state index in [9.17, 15) is 22.0 Å². The third-order valence-corrected chi connectivity index (χ3v) is 3.11. The van der Waals surface area contributed by atoms with Gasteiger partial charge in [0.15, 0.2) is 11.6 Å². The van der Waals surface area contributed by atoms with E-state index in [1.165, 1.54) is 12.1 Å². The molecule has 0 unspecified atom stereocenters. The molecule has 0 heterocycles. The fourth-order valence-electron chi connectivity index (χ4n) is 1.86. The maximum atomic E-state index is 13.7. The number of hydrogen-bond acceptors (Lipinski definition) is 0. The lowest BCUT2D eigenvalue weighted by Crippen LogP contribution is -2.06. The molecule has 6 heteroatoms. The lowest BCUT2D eigenvalue weighted by atomic mass is 9.97. The topological polar surface area (TPSA) is 0 Å². The van der Waals surface area contributed by atoms with Gasteiger partial charge in [0.1, 0.15) is 0 Å². The van der Waals surface area contributed by atoms with E-state index in [0.717, 1.165) is 24.3 Å². The van der Waals surface area contributed by atoms with Crippen molar-refractivity contribution in [3.05, 3.63) is 59.2 Å². The lowest BCUT2D eigenvalue weighted by Gasteiger charge is -2.13. The fraction of sp³-hybridized carbons (Fsp3) is 0.143. The van der Waals surface area contributed by atoms with Crippen LogP contribution in [0.2, 0.25) is 0 Å². The van der Waals surface area contributed by atoms with Gasteiger partial charge in [0.05, 0.1) is 5.56 Å². The van der Waals surface area contributed by atoms with Gasteiger partial charge in [0.25, 0.3) is 0 Å². The highest BCUT2D eigenvalue weighted by Gasteiger charge is 2.31. The van der Waals surface area contributed by atoms with Crippen LogP contribution in [0.5, 0.6) is 0 Å². The minimum Gasteiger partial charge on any atom is -0.204 e. The zero-order valence-corrected chi connectivity index (χ0v) is 10.7. The van der Waals surface area contributed by atoms with Gasteiger partial charge in [-0.25, -0.2) is 8.78 Å². The number of benzene rings is 2. The molecule has 2 rings (SSSR count). The highest BCUT2D eigenvalue weighted by atomic mass is 35.5. The van der Waals surface area contributed by atoms with Crippen molar-refractivity contribution in [2.75, 3.05) is 0 Å². The molecule has 0 atom stereocenters. The highest BCUT2D eigenvalue weighted by Crippen LogP contribution is 2.35. The average molecular weight is 307 g/mol. The van der Waals surface area contributed by atoms with E-state index in [-0.39, 0.29) is 22.6 Å². The van der Waals surface area contributed by atoms with Crippen LogP contribution < -0.4 is 0 Å². The molecule has 20 heavy (non-hydrogen) atoms. The molecule has 0 amide bonds. The van der Waals surface area contributed by atoms with E-state index in [0.29, 0.717) is 0 Å². The van der Waals surface area contributed by atoms with E-state index >= 15 is 0 Å². The Morgan fingerprint density at radius 2 is 1.65 bits per heavy atom. The van der Waals surface area contributed by atoms with E-state index in [1.807, 2.05) is 0 Å². The normalized spacial score (nSPS) is 11.7. The summed E-state index contributed by atoms with van der Waals surface area (Å²) in [6.07, 6.45) is -4.51. The summed E-state index contributed by atoms with van der Waals surface area (Å²) in [4.78, 5) is 0. The van der Waals surface area contributed by atoms with Crippen molar-refractivity contribution in [1.29, 1.82) is 0 Å². The SMILES string of the molecule is Fc1cccc(-c2ccc(C(F)(F)F)cc2CCl)c1F. The first kappa shape index (κ1) is 14.8. The fourth-order valence-corrected chi connectivity index (χ4v) is 2.08. The summed E-state index contributed by atoms with van der Waals surface area (Å²) in [5, 5.41) is 0. The Morgan fingerprint density at radius 3 is 2.25 bits per heavy atom. The standard InChI is InChI=1S/C14H8ClF5/c15-7-8-6-9(14(18,19)20)4-5-10(8)11-2-1-3-12(16)13(11)17/h1-6H,7H2. The number of alkyl halides is 4.